The van der Waals surface area contributed by atoms with Gasteiger partial charge < -0.3 is 14.4 Å². The highest BCUT2D eigenvalue weighted by Crippen LogP contribution is 2.21. The first-order valence-corrected chi connectivity index (χ1v) is 11.2. The summed E-state index contributed by atoms with van der Waals surface area (Å²) >= 11 is 0. The Hall–Kier alpha value is -1.75. The molecule has 1 aromatic rings. The number of aromatic nitrogens is 1. The first-order chi connectivity index (χ1) is 13.5. The van der Waals surface area contributed by atoms with Crippen LogP contribution in [0.2, 0.25) is 0 Å². The van der Waals surface area contributed by atoms with E-state index >= 15 is 0 Å². The summed E-state index contributed by atoms with van der Waals surface area (Å²) in [5, 5.41) is 0. The predicted octanol–water partition coefficient (Wildman–Crippen LogP) is 0.670. The third-order valence-electron chi connectivity index (χ3n) is 4.92. The van der Waals surface area contributed by atoms with E-state index in [0.717, 1.165) is 37.3 Å². The van der Waals surface area contributed by atoms with Gasteiger partial charge in [0.2, 0.25) is 0 Å². The smallest absolute Gasteiger partial charge is 0.324 e. The van der Waals surface area contributed by atoms with E-state index in [1.807, 2.05) is 12.1 Å². The molecule has 1 aromatic heterocycles. The average Bonchev–Trinajstić information content (AvgIpc) is 2.73. The SMILES string of the molecule is CCOC(=O)[C@H]1CCCCN1S(=O)(=O)NCc1ccc(N2CCOCC2)nc1. The van der Waals surface area contributed by atoms with Crippen molar-refractivity contribution in [1.29, 1.82) is 0 Å². The van der Waals surface area contributed by atoms with Gasteiger partial charge in [-0.25, -0.2) is 4.98 Å². The van der Waals surface area contributed by atoms with E-state index in [1.165, 1.54) is 4.31 Å². The number of hydrogen-bond acceptors (Lipinski definition) is 7. The molecule has 2 fully saturated rings. The molecule has 0 radical (unpaired) electrons. The number of nitrogens with one attached hydrogen (secondary N) is 1. The summed E-state index contributed by atoms with van der Waals surface area (Å²) in [6.07, 6.45) is 3.69. The van der Waals surface area contributed by atoms with Crippen molar-refractivity contribution in [2.45, 2.75) is 38.8 Å². The molecule has 0 saturated carbocycles. The van der Waals surface area contributed by atoms with Gasteiger partial charge in [0.25, 0.3) is 10.2 Å². The molecule has 1 N–H and O–H groups in total. The molecule has 10 heteroatoms. The zero-order valence-electron chi connectivity index (χ0n) is 16.2. The van der Waals surface area contributed by atoms with Crippen LogP contribution in [0.25, 0.3) is 0 Å². The summed E-state index contributed by atoms with van der Waals surface area (Å²) in [5.41, 5.74) is 0.755. The third-order valence-corrected chi connectivity index (χ3v) is 6.49. The van der Waals surface area contributed by atoms with Crippen LogP contribution in [-0.4, -0.2) is 69.2 Å². The lowest BCUT2D eigenvalue weighted by Crippen LogP contribution is -2.52. The second-order valence-corrected chi connectivity index (χ2v) is 8.53. The number of rotatable bonds is 7. The van der Waals surface area contributed by atoms with Crippen molar-refractivity contribution in [3.63, 3.8) is 0 Å². The van der Waals surface area contributed by atoms with Crippen molar-refractivity contribution in [2.24, 2.45) is 0 Å². The molecule has 9 nitrogen and oxygen atoms in total. The number of carbonyl (C=O) groups is 1. The molecule has 156 valence electrons. The standard InChI is InChI=1S/C18H28N4O5S/c1-2-27-18(23)16-5-3-4-8-22(16)28(24,25)20-14-15-6-7-17(19-13-15)21-9-11-26-12-10-21/h6-7,13,16,20H,2-5,8-12,14H2,1H3/t16-/m1/s1. The maximum atomic E-state index is 12.8. The minimum atomic E-state index is -3.80. The van der Waals surface area contributed by atoms with Crippen LogP contribution in [0.15, 0.2) is 18.3 Å². The van der Waals surface area contributed by atoms with Crippen molar-refractivity contribution in [2.75, 3.05) is 44.4 Å². The molecule has 28 heavy (non-hydrogen) atoms. The van der Waals surface area contributed by atoms with E-state index in [9.17, 15) is 13.2 Å². The van der Waals surface area contributed by atoms with E-state index in [0.29, 0.717) is 26.2 Å². The Bertz CT molecular complexity index is 750. The predicted molar refractivity (Wildman–Crippen MR) is 104 cm³/mol. The van der Waals surface area contributed by atoms with Gasteiger partial charge in [0.15, 0.2) is 0 Å². The Labute approximate surface area is 166 Å². The second-order valence-electron chi connectivity index (χ2n) is 6.82. The molecule has 3 rings (SSSR count). The summed E-state index contributed by atoms with van der Waals surface area (Å²) in [5.74, 6) is 0.373. The van der Waals surface area contributed by atoms with Gasteiger partial charge in [0.1, 0.15) is 11.9 Å². The van der Waals surface area contributed by atoms with Gasteiger partial charge in [-0.2, -0.15) is 17.4 Å². The Kier molecular flexibility index (Phi) is 7.22. The number of piperidine rings is 1. The highest BCUT2D eigenvalue weighted by Gasteiger charge is 2.37. The van der Waals surface area contributed by atoms with Crippen molar-refractivity contribution in [3.8, 4) is 0 Å². The number of pyridine rings is 1. The molecule has 0 spiro atoms. The number of ether oxygens (including phenoxy) is 2. The fourth-order valence-corrected chi connectivity index (χ4v) is 4.84. The third kappa shape index (κ3) is 5.19. The van der Waals surface area contributed by atoms with Gasteiger partial charge in [-0.1, -0.05) is 6.07 Å². The van der Waals surface area contributed by atoms with Crippen LogP contribution in [0, 0.1) is 0 Å². The molecule has 0 unspecified atom stereocenters. The highest BCUT2D eigenvalue weighted by atomic mass is 32.2. The molecule has 3 heterocycles. The van der Waals surface area contributed by atoms with Crippen molar-refractivity contribution in [3.05, 3.63) is 23.9 Å². The number of morpholine rings is 1. The maximum absolute atomic E-state index is 12.8. The number of carbonyl (C=O) groups excluding carboxylic acids is 1. The Morgan fingerprint density at radius 1 is 1.29 bits per heavy atom. The minimum absolute atomic E-state index is 0.116. The molecule has 0 bridgehead atoms. The fraction of sp³-hybridized carbons (Fsp3) is 0.667. The van der Waals surface area contributed by atoms with Gasteiger partial charge in [0, 0.05) is 32.4 Å². The largest absolute Gasteiger partial charge is 0.465 e. The molecule has 0 aromatic carbocycles. The van der Waals surface area contributed by atoms with Gasteiger partial charge in [-0.15, -0.1) is 0 Å². The van der Waals surface area contributed by atoms with Gasteiger partial charge in [-0.05, 0) is 37.8 Å². The lowest BCUT2D eigenvalue weighted by Gasteiger charge is -2.32. The fourth-order valence-electron chi connectivity index (χ4n) is 3.42. The van der Waals surface area contributed by atoms with Crippen molar-refractivity contribution in [1.82, 2.24) is 14.0 Å². The van der Waals surface area contributed by atoms with Gasteiger partial charge in [-0.3, -0.25) is 4.79 Å². The number of hydrogen-bond donors (Lipinski definition) is 1. The summed E-state index contributed by atoms with van der Waals surface area (Å²) in [7, 11) is -3.80. The molecule has 0 amide bonds. The number of esters is 1. The summed E-state index contributed by atoms with van der Waals surface area (Å²) in [4.78, 5) is 18.7. The average molecular weight is 413 g/mol. The van der Waals surface area contributed by atoms with Crippen LogP contribution in [0.3, 0.4) is 0 Å². The zero-order valence-corrected chi connectivity index (χ0v) is 17.0. The Morgan fingerprint density at radius 3 is 2.75 bits per heavy atom. The molecule has 0 aliphatic carbocycles. The first kappa shape index (κ1) is 21.0. The maximum Gasteiger partial charge on any atom is 0.324 e. The van der Waals surface area contributed by atoms with Crippen LogP contribution >= 0.6 is 0 Å². The molecular weight excluding hydrogens is 384 g/mol. The summed E-state index contributed by atoms with van der Waals surface area (Å²) in [6, 6.07) is 2.99. The molecular formula is C18H28N4O5S. The highest BCUT2D eigenvalue weighted by molar-refractivity contribution is 7.87. The van der Waals surface area contributed by atoms with E-state index in [4.69, 9.17) is 9.47 Å². The summed E-state index contributed by atoms with van der Waals surface area (Å²) < 4.78 is 39.7. The molecule has 1 atom stereocenters. The van der Waals surface area contributed by atoms with Crippen LogP contribution in [-0.2, 0) is 31.0 Å². The lowest BCUT2D eigenvalue weighted by atomic mass is 10.1. The minimum Gasteiger partial charge on any atom is -0.465 e. The van der Waals surface area contributed by atoms with Crippen LogP contribution in [0.5, 0.6) is 0 Å². The topological polar surface area (TPSA) is 101 Å². The Morgan fingerprint density at radius 2 is 2.07 bits per heavy atom. The van der Waals surface area contributed by atoms with Gasteiger partial charge in [0.05, 0.1) is 19.8 Å². The van der Waals surface area contributed by atoms with E-state index < -0.39 is 22.2 Å². The number of anilines is 1. The van der Waals surface area contributed by atoms with E-state index in [1.54, 1.807) is 13.1 Å². The normalized spacial score (nSPS) is 21.5. The molecule has 2 aliphatic rings. The van der Waals surface area contributed by atoms with Crippen LogP contribution in [0.1, 0.15) is 31.7 Å². The molecule has 2 aliphatic heterocycles. The molecule has 2 saturated heterocycles. The second kappa shape index (κ2) is 9.64. The number of nitrogens with zero attached hydrogens (tertiary/aromatic N) is 3. The first-order valence-electron chi connectivity index (χ1n) is 9.72. The van der Waals surface area contributed by atoms with E-state index in [-0.39, 0.29) is 13.2 Å². The monoisotopic (exact) mass is 412 g/mol. The van der Waals surface area contributed by atoms with Crippen LogP contribution in [0.4, 0.5) is 5.82 Å². The zero-order chi connectivity index (χ0) is 20.0. The van der Waals surface area contributed by atoms with Crippen LogP contribution < -0.4 is 9.62 Å². The van der Waals surface area contributed by atoms with Crippen molar-refractivity contribution < 1.29 is 22.7 Å². The van der Waals surface area contributed by atoms with Crippen molar-refractivity contribution >= 4 is 22.0 Å². The van der Waals surface area contributed by atoms with Gasteiger partial charge >= 0.3 is 5.97 Å². The Balaban J connectivity index is 1.61. The van der Waals surface area contributed by atoms with E-state index in [2.05, 4.69) is 14.6 Å². The summed E-state index contributed by atoms with van der Waals surface area (Å²) in [6.45, 7) is 5.33. The quantitative estimate of drug-likeness (QED) is 0.657. The lowest BCUT2D eigenvalue weighted by molar-refractivity contribution is -0.148.